The monoisotopic (exact) mass is 272 g/mol. The van der Waals surface area contributed by atoms with Gasteiger partial charge in [-0.15, -0.1) is 13.2 Å². The summed E-state index contributed by atoms with van der Waals surface area (Å²) in [6.45, 7) is 9.58. The number of hydrogen-bond donors (Lipinski definition) is 0. The van der Waals surface area contributed by atoms with Crippen LogP contribution in [0.4, 0.5) is 0 Å². The summed E-state index contributed by atoms with van der Waals surface area (Å²) in [6.07, 6.45) is 9.05. The molecule has 0 unspecified atom stereocenters. The number of Topliss-reactive ketones (excluding diaryl/α,β-unsaturated/α-hetero) is 1. The zero-order valence-electron chi connectivity index (χ0n) is 12.4. The van der Waals surface area contributed by atoms with Gasteiger partial charge in [0.2, 0.25) is 0 Å². The fourth-order valence-corrected chi connectivity index (χ4v) is 3.22. The molecule has 1 aromatic rings. The van der Waals surface area contributed by atoms with Crippen molar-refractivity contribution in [3.05, 3.63) is 49.0 Å². The van der Waals surface area contributed by atoms with E-state index in [-0.39, 0.29) is 11.3 Å². The first-order valence-corrected chi connectivity index (χ1v) is 7.45. The number of carbonyl (C=O) groups is 1. The Labute approximate surface area is 121 Å². The van der Waals surface area contributed by atoms with E-state index in [4.69, 9.17) is 4.42 Å². The molecule has 1 aliphatic carbocycles. The van der Waals surface area contributed by atoms with Gasteiger partial charge in [0.25, 0.3) is 0 Å². The fourth-order valence-electron chi connectivity index (χ4n) is 3.22. The fraction of sp³-hybridized carbons (Fsp3) is 0.500. The van der Waals surface area contributed by atoms with E-state index >= 15 is 0 Å². The highest BCUT2D eigenvalue weighted by Gasteiger charge is 2.47. The van der Waals surface area contributed by atoms with E-state index in [1.54, 1.807) is 0 Å². The minimum absolute atomic E-state index is 0.196. The normalized spacial score (nSPS) is 25.9. The van der Waals surface area contributed by atoms with Gasteiger partial charge in [-0.1, -0.05) is 19.1 Å². The molecule has 0 aliphatic heterocycles. The van der Waals surface area contributed by atoms with Gasteiger partial charge in [0.05, 0.1) is 0 Å². The van der Waals surface area contributed by atoms with E-state index in [2.05, 4.69) is 26.1 Å². The first kappa shape index (κ1) is 14.8. The number of furan rings is 1. The van der Waals surface area contributed by atoms with Gasteiger partial charge in [0.15, 0.2) is 0 Å². The molecule has 1 saturated carbocycles. The van der Waals surface area contributed by atoms with E-state index in [9.17, 15) is 4.79 Å². The predicted molar refractivity (Wildman–Crippen MR) is 81.7 cm³/mol. The summed E-state index contributed by atoms with van der Waals surface area (Å²) < 4.78 is 5.98. The Kier molecular flexibility index (Phi) is 4.64. The third-order valence-corrected chi connectivity index (χ3v) is 4.49. The van der Waals surface area contributed by atoms with Gasteiger partial charge in [0, 0.05) is 24.2 Å². The molecule has 1 aliphatic rings. The van der Waals surface area contributed by atoms with Crippen LogP contribution in [0, 0.1) is 5.41 Å². The SMILES string of the molecule is C=CCCCc1ccc([C@@H]2CCC(=O)[C@@]2(C)CC=C)o1. The molecule has 2 atom stereocenters. The Bertz CT molecular complexity index is 497. The average Bonchev–Trinajstić information content (AvgIpc) is 2.97. The maximum absolute atomic E-state index is 12.2. The van der Waals surface area contributed by atoms with E-state index < -0.39 is 0 Å². The largest absolute Gasteiger partial charge is 0.466 e. The van der Waals surface area contributed by atoms with E-state index in [0.717, 1.165) is 43.6 Å². The Balaban J connectivity index is 2.12. The minimum atomic E-state index is -0.335. The summed E-state index contributed by atoms with van der Waals surface area (Å²) in [5.41, 5.74) is -0.335. The topological polar surface area (TPSA) is 30.2 Å². The van der Waals surface area contributed by atoms with Gasteiger partial charge in [-0.05, 0) is 37.8 Å². The number of allylic oxidation sites excluding steroid dienone is 2. The van der Waals surface area contributed by atoms with E-state index in [1.165, 1.54) is 0 Å². The minimum Gasteiger partial charge on any atom is -0.466 e. The van der Waals surface area contributed by atoms with Crippen LogP contribution in [-0.2, 0) is 11.2 Å². The van der Waals surface area contributed by atoms with Crippen molar-refractivity contribution in [2.24, 2.45) is 5.41 Å². The quantitative estimate of drug-likeness (QED) is 0.526. The molecule has 0 radical (unpaired) electrons. The van der Waals surface area contributed by atoms with Crippen molar-refractivity contribution in [1.29, 1.82) is 0 Å². The lowest BCUT2D eigenvalue weighted by Crippen LogP contribution is -2.26. The second kappa shape index (κ2) is 6.25. The van der Waals surface area contributed by atoms with Gasteiger partial charge in [-0.2, -0.15) is 0 Å². The molecule has 1 fully saturated rings. The Morgan fingerprint density at radius 3 is 2.90 bits per heavy atom. The van der Waals surface area contributed by atoms with Crippen LogP contribution in [-0.4, -0.2) is 5.78 Å². The molecule has 0 spiro atoms. The number of hydrogen-bond acceptors (Lipinski definition) is 2. The molecule has 1 aromatic heterocycles. The molecular weight excluding hydrogens is 248 g/mol. The van der Waals surface area contributed by atoms with Gasteiger partial charge in [0.1, 0.15) is 17.3 Å². The molecule has 108 valence electrons. The Morgan fingerprint density at radius 1 is 1.40 bits per heavy atom. The van der Waals surface area contributed by atoms with Crippen molar-refractivity contribution in [3.8, 4) is 0 Å². The van der Waals surface area contributed by atoms with Crippen LogP contribution in [0.3, 0.4) is 0 Å². The number of unbranched alkanes of at least 4 members (excludes halogenated alkanes) is 1. The molecule has 2 nitrogen and oxygen atoms in total. The Hall–Kier alpha value is -1.57. The maximum atomic E-state index is 12.2. The molecular formula is C18H24O2. The standard InChI is InChI=1S/C18H24O2/c1-4-6-7-8-14-9-11-16(20-14)15-10-12-17(19)18(15,3)13-5-2/h4-5,9,11,15H,1-2,6-8,10,12-13H2,3H3/t15-,18-/m0/s1. The van der Waals surface area contributed by atoms with Crippen LogP contribution in [0.25, 0.3) is 0 Å². The number of aryl methyl sites for hydroxylation is 1. The van der Waals surface area contributed by atoms with Crippen LogP contribution in [0.1, 0.15) is 56.5 Å². The van der Waals surface area contributed by atoms with E-state index in [0.29, 0.717) is 12.2 Å². The second-order valence-electron chi connectivity index (χ2n) is 5.91. The summed E-state index contributed by atoms with van der Waals surface area (Å²) in [7, 11) is 0. The van der Waals surface area contributed by atoms with Gasteiger partial charge in [-0.25, -0.2) is 0 Å². The van der Waals surface area contributed by atoms with Crippen LogP contribution >= 0.6 is 0 Å². The highest BCUT2D eigenvalue weighted by Crippen LogP contribution is 2.49. The number of carbonyl (C=O) groups excluding carboxylic acids is 1. The molecule has 1 heterocycles. The lowest BCUT2D eigenvalue weighted by molar-refractivity contribution is -0.125. The van der Waals surface area contributed by atoms with Crippen molar-refractivity contribution < 1.29 is 9.21 Å². The molecule has 0 aromatic carbocycles. The molecule has 0 bridgehead atoms. The summed E-state index contributed by atoms with van der Waals surface area (Å²) >= 11 is 0. The van der Waals surface area contributed by atoms with Crippen molar-refractivity contribution in [3.63, 3.8) is 0 Å². The second-order valence-corrected chi connectivity index (χ2v) is 5.91. The third-order valence-electron chi connectivity index (χ3n) is 4.49. The number of rotatable bonds is 7. The van der Waals surface area contributed by atoms with E-state index in [1.807, 2.05) is 18.2 Å². The van der Waals surface area contributed by atoms with Crippen LogP contribution in [0.15, 0.2) is 41.9 Å². The zero-order valence-corrected chi connectivity index (χ0v) is 12.4. The van der Waals surface area contributed by atoms with Gasteiger partial charge in [-0.3, -0.25) is 4.79 Å². The van der Waals surface area contributed by atoms with Crippen LogP contribution < -0.4 is 0 Å². The highest BCUT2D eigenvalue weighted by molar-refractivity contribution is 5.88. The number of ketones is 1. The smallest absolute Gasteiger partial charge is 0.139 e. The first-order chi connectivity index (χ1) is 9.61. The Morgan fingerprint density at radius 2 is 2.20 bits per heavy atom. The molecule has 0 saturated heterocycles. The molecule has 0 N–H and O–H groups in total. The predicted octanol–water partition coefficient (Wildman–Crippen LogP) is 4.82. The summed E-state index contributed by atoms with van der Waals surface area (Å²) in [5.74, 6) is 2.52. The van der Waals surface area contributed by atoms with Crippen molar-refractivity contribution in [1.82, 2.24) is 0 Å². The van der Waals surface area contributed by atoms with Gasteiger partial charge >= 0.3 is 0 Å². The lowest BCUT2D eigenvalue weighted by Gasteiger charge is -2.27. The third kappa shape index (κ3) is 2.79. The molecule has 0 amide bonds. The molecule has 2 heteroatoms. The van der Waals surface area contributed by atoms with Crippen LogP contribution in [0.5, 0.6) is 0 Å². The maximum Gasteiger partial charge on any atom is 0.139 e. The summed E-state index contributed by atoms with van der Waals surface area (Å²) in [6, 6.07) is 4.10. The van der Waals surface area contributed by atoms with Crippen molar-refractivity contribution >= 4 is 5.78 Å². The summed E-state index contributed by atoms with van der Waals surface area (Å²) in [4.78, 5) is 12.2. The highest BCUT2D eigenvalue weighted by atomic mass is 16.3. The molecule has 2 rings (SSSR count). The lowest BCUT2D eigenvalue weighted by atomic mass is 9.75. The average molecular weight is 272 g/mol. The van der Waals surface area contributed by atoms with Crippen LogP contribution in [0.2, 0.25) is 0 Å². The van der Waals surface area contributed by atoms with Crippen molar-refractivity contribution in [2.45, 2.75) is 51.4 Å². The zero-order chi connectivity index (χ0) is 14.6. The van der Waals surface area contributed by atoms with Crippen molar-refractivity contribution in [2.75, 3.05) is 0 Å². The first-order valence-electron chi connectivity index (χ1n) is 7.45. The molecule has 20 heavy (non-hydrogen) atoms. The van der Waals surface area contributed by atoms with Gasteiger partial charge < -0.3 is 4.42 Å². The summed E-state index contributed by atoms with van der Waals surface area (Å²) in [5, 5.41) is 0.